The molecule has 0 aliphatic heterocycles. The van der Waals surface area contributed by atoms with Crippen LogP contribution in [0.1, 0.15) is 37.4 Å². The molecule has 0 heterocycles. The van der Waals surface area contributed by atoms with Crippen molar-refractivity contribution in [3.8, 4) is 22.3 Å². The number of carboxylic acids is 1. The minimum atomic E-state index is -1.23. The smallest absolute Gasteiger partial charge is 0.326 e. The van der Waals surface area contributed by atoms with Crippen molar-refractivity contribution >= 4 is 35.1 Å². The fourth-order valence-electron chi connectivity index (χ4n) is 5.80. The van der Waals surface area contributed by atoms with Crippen LogP contribution in [0.2, 0.25) is 5.02 Å². The van der Waals surface area contributed by atoms with Gasteiger partial charge >= 0.3 is 5.97 Å². The number of carbonyl (C=O) groups excluding carboxylic acids is 2. The van der Waals surface area contributed by atoms with Crippen LogP contribution < -0.4 is 10.2 Å². The summed E-state index contributed by atoms with van der Waals surface area (Å²) in [4.78, 5) is 42.2. The van der Waals surface area contributed by atoms with Crippen LogP contribution in [-0.4, -0.2) is 28.9 Å². The topological polar surface area (TPSA) is 86.7 Å². The van der Waals surface area contributed by atoms with Gasteiger partial charge < -0.3 is 15.3 Å². The zero-order chi connectivity index (χ0) is 35.0. The van der Waals surface area contributed by atoms with Crippen LogP contribution in [0.3, 0.4) is 0 Å². The van der Waals surface area contributed by atoms with E-state index < -0.39 is 17.9 Å². The van der Waals surface area contributed by atoms with Gasteiger partial charge in [-0.05, 0) is 70.6 Å². The summed E-state index contributed by atoms with van der Waals surface area (Å²) in [6, 6.07) is 45.9. The minimum Gasteiger partial charge on any atom is -0.480 e. The van der Waals surface area contributed by atoms with Gasteiger partial charge in [0.15, 0.2) is 0 Å². The first-order chi connectivity index (χ1) is 24.2. The van der Waals surface area contributed by atoms with Crippen LogP contribution in [-0.2, 0) is 17.8 Å². The molecular weight excluding hydrogens is 644 g/mol. The number of carboxylic acid groups (broad SMARTS) is 1. The van der Waals surface area contributed by atoms with Crippen LogP contribution in [0.5, 0.6) is 0 Å². The van der Waals surface area contributed by atoms with Gasteiger partial charge in [-0.3, -0.25) is 9.59 Å². The van der Waals surface area contributed by atoms with E-state index in [1.165, 1.54) is 11.0 Å². The Morgan fingerprint density at radius 3 is 1.74 bits per heavy atom. The van der Waals surface area contributed by atoms with Gasteiger partial charge in [-0.25, -0.2) is 4.79 Å². The lowest BCUT2D eigenvalue weighted by Gasteiger charge is -2.26. The monoisotopic (exact) mass is 678 g/mol. The van der Waals surface area contributed by atoms with E-state index in [1.54, 1.807) is 24.3 Å². The molecule has 6 aromatic carbocycles. The first kappa shape index (κ1) is 33.9. The maximum Gasteiger partial charge on any atom is 0.326 e. The highest BCUT2D eigenvalue weighted by Gasteiger charge is 2.27. The first-order valence-corrected chi connectivity index (χ1v) is 16.6. The van der Waals surface area contributed by atoms with Crippen molar-refractivity contribution in [2.75, 3.05) is 4.90 Å². The highest BCUT2D eigenvalue weighted by molar-refractivity contribution is 6.31. The largest absolute Gasteiger partial charge is 0.480 e. The van der Waals surface area contributed by atoms with Crippen LogP contribution in [0.4, 0.5) is 5.69 Å². The highest BCUT2D eigenvalue weighted by Crippen LogP contribution is 2.29. The molecule has 7 heteroatoms. The molecule has 0 radical (unpaired) electrons. The quantitative estimate of drug-likeness (QED) is 0.143. The molecule has 6 rings (SSSR count). The second kappa shape index (κ2) is 15.5. The van der Waals surface area contributed by atoms with Gasteiger partial charge in [0, 0.05) is 17.0 Å². The van der Waals surface area contributed by atoms with Crippen molar-refractivity contribution in [1.82, 2.24) is 5.32 Å². The molecule has 0 bridgehead atoms. The number of halogens is 1. The van der Waals surface area contributed by atoms with Crippen molar-refractivity contribution in [3.63, 3.8) is 0 Å². The molecule has 6 nitrogen and oxygen atoms in total. The molecule has 2 N–H and O–H groups in total. The maximum atomic E-state index is 14.3. The molecule has 6 aromatic rings. The van der Waals surface area contributed by atoms with Gasteiger partial charge in [-0.15, -0.1) is 0 Å². The summed E-state index contributed by atoms with van der Waals surface area (Å²) < 4.78 is 0. The number of hydrogen-bond donors (Lipinski definition) is 2. The summed E-state index contributed by atoms with van der Waals surface area (Å²) in [7, 11) is 0. The third-order valence-electron chi connectivity index (χ3n) is 8.54. The second-order valence-corrected chi connectivity index (χ2v) is 12.5. The highest BCUT2D eigenvalue weighted by atomic mass is 35.5. The molecule has 0 fully saturated rings. The van der Waals surface area contributed by atoms with E-state index in [1.807, 2.05) is 128 Å². The van der Waals surface area contributed by atoms with Gasteiger partial charge in [0.2, 0.25) is 0 Å². The first-order valence-electron chi connectivity index (χ1n) is 16.3. The molecule has 248 valence electrons. The van der Waals surface area contributed by atoms with E-state index in [0.717, 1.165) is 38.9 Å². The Balaban J connectivity index is 1.29. The number of carbonyl (C=O) groups is 3. The Morgan fingerprint density at radius 1 is 0.660 bits per heavy atom. The molecule has 1 atom stereocenters. The molecule has 0 saturated carbocycles. The Bertz CT molecular complexity index is 2100. The van der Waals surface area contributed by atoms with E-state index in [0.29, 0.717) is 11.3 Å². The molecule has 50 heavy (non-hydrogen) atoms. The average molecular weight is 679 g/mol. The van der Waals surface area contributed by atoms with Gasteiger partial charge in [0.1, 0.15) is 6.04 Å². The van der Waals surface area contributed by atoms with Gasteiger partial charge in [0.25, 0.3) is 11.8 Å². The third-order valence-corrected chi connectivity index (χ3v) is 8.78. The molecule has 0 aromatic heterocycles. The Kier molecular flexibility index (Phi) is 10.5. The lowest BCUT2D eigenvalue weighted by atomic mass is 10.00. The van der Waals surface area contributed by atoms with E-state index in [9.17, 15) is 19.5 Å². The van der Waals surface area contributed by atoms with Crippen LogP contribution in [0, 0.1) is 6.92 Å². The molecule has 0 spiro atoms. The van der Waals surface area contributed by atoms with E-state index >= 15 is 0 Å². The number of anilines is 1. The molecule has 0 aliphatic rings. The maximum absolute atomic E-state index is 14.3. The lowest BCUT2D eigenvalue weighted by molar-refractivity contribution is -0.139. The number of rotatable bonds is 11. The lowest BCUT2D eigenvalue weighted by Crippen LogP contribution is -2.43. The number of nitrogens with zero attached hydrogens (tertiary/aromatic N) is 1. The SMILES string of the molecule is Cc1ccc(CN(C(=O)c2ccc(-c3ccccc3)cc2)c2ccc(Cl)cc2C(=O)NC(Cc2ccc(-c3ccccc3)cc2)C(=O)O)cc1. The standard InChI is InChI=1S/C43H35ClN2O4/c1-29-12-14-31(15-13-29)28-46(42(48)36-22-20-35(21-23-36)33-10-6-3-7-11-33)40-25-24-37(44)27-38(40)41(47)45-39(43(49)50)26-30-16-18-34(19-17-30)32-8-4-2-5-9-32/h2-25,27,39H,26,28H2,1H3,(H,45,47)(H,49,50). The second-order valence-electron chi connectivity index (χ2n) is 12.1. The van der Waals surface area contributed by atoms with Crippen LogP contribution in [0.15, 0.2) is 152 Å². The summed E-state index contributed by atoms with van der Waals surface area (Å²) in [5.74, 6) is -2.16. The van der Waals surface area contributed by atoms with Crippen molar-refractivity contribution < 1.29 is 19.5 Å². The number of nitrogens with one attached hydrogen (secondary N) is 1. The van der Waals surface area contributed by atoms with E-state index in [4.69, 9.17) is 11.6 Å². The zero-order valence-electron chi connectivity index (χ0n) is 27.4. The van der Waals surface area contributed by atoms with Crippen molar-refractivity contribution in [3.05, 3.63) is 184 Å². The van der Waals surface area contributed by atoms with Gasteiger partial charge in [-0.1, -0.05) is 138 Å². The number of amides is 2. The molecule has 1 unspecified atom stereocenters. The summed E-state index contributed by atoms with van der Waals surface area (Å²) in [5.41, 5.74) is 7.55. The molecule has 0 saturated heterocycles. The molecular formula is C43H35ClN2O4. The van der Waals surface area contributed by atoms with Gasteiger partial charge in [0.05, 0.1) is 17.8 Å². The fourth-order valence-corrected chi connectivity index (χ4v) is 5.97. The average Bonchev–Trinajstić information content (AvgIpc) is 3.15. The Hall–Kier alpha value is -5.98. The Labute approximate surface area is 296 Å². The summed E-state index contributed by atoms with van der Waals surface area (Å²) in [6.45, 7) is 2.15. The minimum absolute atomic E-state index is 0.0613. The zero-order valence-corrected chi connectivity index (χ0v) is 28.2. The Morgan fingerprint density at radius 2 is 1.18 bits per heavy atom. The number of hydrogen-bond acceptors (Lipinski definition) is 3. The van der Waals surface area contributed by atoms with E-state index in [2.05, 4.69) is 5.32 Å². The summed E-state index contributed by atoms with van der Waals surface area (Å²) in [5, 5.41) is 13.1. The van der Waals surface area contributed by atoms with Crippen LogP contribution in [0.25, 0.3) is 22.3 Å². The fraction of sp³-hybridized carbons (Fsp3) is 0.0930. The van der Waals surface area contributed by atoms with Crippen molar-refractivity contribution in [2.24, 2.45) is 0 Å². The number of aliphatic carboxylic acids is 1. The predicted molar refractivity (Wildman–Crippen MR) is 199 cm³/mol. The third kappa shape index (κ3) is 8.17. The molecule has 0 aliphatic carbocycles. The summed E-state index contributed by atoms with van der Waals surface area (Å²) in [6.07, 6.45) is 0.0613. The number of aryl methyl sites for hydroxylation is 1. The normalized spacial score (nSPS) is 11.4. The van der Waals surface area contributed by atoms with Crippen LogP contribution >= 0.6 is 11.6 Å². The van der Waals surface area contributed by atoms with E-state index in [-0.39, 0.29) is 29.5 Å². The predicted octanol–water partition coefficient (Wildman–Crippen LogP) is 9.26. The summed E-state index contributed by atoms with van der Waals surface area (Å²) >= 11 is 6.41. The van der Waals surface area contributed by atoms with Crippen molar-refractivity contribution in [1.29, 1.82) is 0 Å². The van der Waals surface area contributed by atoms with Gasteiger partial charge in [-0.2, -0.15) is 0 Å². The molecule has 2 amide bonds. The number of benzene rings is 6. The van der Waals surface area contributed by atoms with Crippen molar-refractivity contribution in [2.45, 2.75) is 25.9 Å².